The van der Waals surface area contributed by atoms with Gasteiger partial charge in [-0.05, 0) is 12.8 Å². The average molecular weight is 337 g/mol. The Morgan fingerprint density at radius 2 is 2.17 bits per heavy atom. The van der Waals surface area contributed by atoms with Gasteiger partial charge in [-0.25, -0.2) is 13.8 Å². The smallest absolute Gasteiger partial charge is 0.330 e. The van der Waals surface area contributed by atoms with E-state index in [1.54, 1.807) is 0 Å². The molecule has 1 heterocycles. The maximum atomic E-state index is 12.6. The number of aromatic nitrogens is 2. The summed E-state index contributed by atoms with van der Waals surface area (Å²) < 4.78 is 53.2. The quantitative estimate of drug-likeness (QED) is 0.729. The van der Waals surface area contributed by atoms with Crippen molar-refractivity contribution in [3.63, 3.8) is 0 Å². The maximum absolute atomic E-state index is 12.6. The van der Waals surface area contributed by atoms with Gasteiger partial charge in [-0.15, -0.1) is 0 Å². The summed E-state index contributed by atoms with van der Waals surface area (Å²) in [5.74, 6) is -4.89. The predicted molar refractivity (Wildman–Crippen MR) is 70.5 cm³/mol. The fraction of sp³-hybridized carbons (Fsp3) is 0.615. The average Bonchev–Trinajstić information content (AvgIpc) is 2.42. The molecule has 0 spiro atoms. The van der Waals surface area contributed by atoms with E-state index in [4.69, 9.17) is 0 Å². The van der Waals surface area contributed by atoms with E-state index < -0.39 is 31.5 Å². The SMILES string of the molecule is O=C(COCC(F)(F)C(F)F)NC1CC(c2cc(=O)[nH]cn2)C1. The van der Waals surface area contributed by atoms with Gasteiger partial charge >= 0.3 is 12.3 Å². The number of halogens is 4. The zero-order chi connectivity index (χ0) is 17.0. The molecule has 0 unspecified atom stereocenters. The Labute approximate surface area is 128 Å². The molecule has 1 fully saturated rings. The number of carbonyl (C=O) groups is 1. The molecule has 2 N–H and O–H groups in total. The van der Waals surface area contributed by atoms with Gasteiger partial charge in [0.25, 0.3) is 5.56 Å². The number of H-pyrrole nitrogens is 1. The van der Waals surface area contributed by atoms with Crippen LogP contribution in [0.25, 0.3) is 0 Å². The van der Waals surface area contributed by atoms with Crippen LogP contribution >= 0.6 is 0 Å². The Morgan fingerprint density at radius 3 is 2.78 bits per heavy atom. The fourth-order valence-corrected chi connectivity index (χ4v) is 2.20. The Hall–Kier alpha value is -1.97. The van der Waals surface area contributed by atoms with Gasteiger partial charge < -0.3 is 15.0 Å². The number of nitrogens with zero attached hydrogens (tertiary/aromatic N) is 1. The third-order valence-corrected chi connectivity index (χ3v) is 3.47. The van der Waals surface area contributed by atoms with Gasteiger partial charge in [0.2, 0.25) is 5.91 Å². The minimum atomic E-state index is -4.27. The molecule has 6 nitrogen and oxygen atoms in total. The van der Waals surface area contributed by atoms with E-state index in [1.807, 2.05) is 0 Å². The number of hydrogen-bond acceptors (Lipinski definition) is 4. The van der Waals surface area contributed by atoms with Crippen molar-refractivity contribution < 1.29 is 27.1 Å². The second kappa shape index (κ2) is 7.07. The lowest BCUT2D eigenvalue weighted by Gasteiger charge is -2.35. The largest absolute Gasteiger partial charge is 0.365 e. The molecule has 0 aromatic carbocycles. The molecular formula is C13H15F4N3O3. The number of ether oxygens (including phenoxy) is 1. The summed E-state index contributed by atoms with van der Waals surface area (Å²) in [7, 11) is 0. The number of alkyl halides is 4. The molecule has 0 bridgehead atoms. The molecule has 23 heavy (non-hydrogen) atoms. The lowest BCUT2D eigenvalue weighted by Crippen LogP contribution is -2.45. The van der Waals surface area contributed by atoms with Crippen LogP contribution in [0, 0.1) is 0 Å². The van der Waals surface area contributed by atoms with Gasteiger partial charge in [-0.1, -0.05) is 0 Å². The molecule has 0 radical (unpaired) electrons. The third-order valence-electron chi connectivity index (χ3n) is 3.47. The van der Waals surface area contributed by atoms with E-state index in [1.165, 1.54) is 12.4 Å². The lowest BCUT2D eigenvalue weighted by atomic mass is 9.78. The van der Waals surface area contributed by atoms with E-state index in [9.17, 15) is 27.2 Å². The first-order valence-corrected chi connectivity index (χ1v) is 6.85. The zero-order valence-electron chi connectivity index (χ0n) is 11.9. The first-order chi connectivity index (χ1) is 10.8. The number of carbonyl (C=O) groups excluding carboxylic acids is 1. The van der Waals surface area contributed by atoms with E-state index >= 15 is 0 Å². The molecule has 0 atom stereocenters. The first-order valence-electron chi connectivity index (χ1n) is 6.85. The molecule has 1 aromatic rings. The van der Waals surface area contributed by atoms with E-state index in [-0.39, 0.29) is 17.5 Å². The van der Waals surface area contributed by atoms with Crippen LogP contribution < -0.4 is 10.9 Å². The van der Waals surface area contributed by atoms with Crippen LogP contribution in [0.5, 0.6) is 0 Å². The zero-order valence-corrected chi connectivity index (χ0v) is 11.9. The molecule has 1 aliphatic rings. The highest BCUT2D eigenvalue weighted by Crippen LogP contribution is 2.35. The minimum absolute atomic E-state index is 0.0340. The number of nitrogens with one attached hydrogen (secondary N) is 2. The summed E-state index contributed by atoms with van der Waals surface area (Å²) in [6.07, 6.45) is -1.44. The van der Waals surface area contributed by atoms with Crippen LogP contribution in [-0.4, -0.2) is 47.5 Å². The van der Waals surface area contributed by atoms with Crippen molar-refractivity contribution in [3.8, 4) is 0 Å². The van der Waals surface area contributed by atoms with E-state index in [2.05, 4.69) is 20.0 Å². The highest BCUT2D eigenvalue weighted by molar-refractivity contribution is 5.77. The van der Waals surface area contributed by atoms with Crippen molar-refractivity contribution in [1.82, 2.24) is 15.3 Å². The fourth-order valence-electron chi connectivity index (χ4n) is 2.20. The van der Waals surface area contributed by atoms with Crippen molar-refractivity contribution in [1.29, 1.82) is 0 Å². The summed E-state index contributed by atoms with van der Waals surface area (Å²) in [6, 6.07) is 1.19. The van der Waals surface area contributed by atoms with Crippen molar-refractivity contribution in [2.75, 3.05) is 13.2 Å². The number of amides is 1. The monoisotopic (exact) mass is 337 g/mol. The summed E-state index contributed by atoms with van der Waals surface area (Å²) >= 11 is 0. The second-order valence-electron chi connectivity index (χ2n) is 5.32. The molecule has 1 aromatic heterocycles. The molecule has 1 amide bonds. The molecule has 10 heteroatoms. The van der Waals surface area contributed by atoms with Crippen LogP contribution in [0.1, 0.15) is 24.5 Å². The van der Waals surface area contributed by atoms with Crippen molar-refractivity contribution in [2.24, 2.45) is 0 Å². The Balaban J connectivity index is 1.67. The highest BCUT2D eigenvalue weighted by Gasteiger charge is 2.41. The Morgan fingerprint density at radius 1 is 1.48 bits per heavy atom. The molecule has 0 saturated heterocycles. The summed E-state index contributed by atoms with van der Waals surface area (Å²) in [5.41, 5.74) is 0.350. The lowest BCUT2D eigenvalue weighted by molar-refractivity contribution is -0.168. The highest BCUT2D eigenvalue weighted by atomic mass is 19.3. The van der Waals surface area contributed by atoms with Crippen LogP contribution in [0.4, 0.5) is 17.6 Å². The van der Waals surface area contributed by atoms with Crippen molar-refractivity contribution in [3.05, 3.63) is 28.4 Å². The summed E-state index contributed by atoms with van der Waals surface area (Å²) in [4.78, 5) is 29.0. The predicted octanol–water partition coefficient (Wildman–Crippen LogP) is 1.05. The molecule has 0 aliphatic heterocycles. The maximum Gasteiger partial charge on any atom is 0.330 e. The van der Waals surface area contributed by atoms with Crippen LogP contribution in [0.15, 0.2) is 17.2 Å². The molecular weight excluding hydrogens is 322 g/mol. The van der Waals surface area contributed by atoms with Crippen molar-refractivity contribution >= 4 is 5.91 Å². The topological polar surface area (TPSA) is 84.1 Å². The molecule has 128 valence electrons. The summed E-state index contributed by atoms with van der Waals surface area (Å²) in [6.45, 7) is -2.23. The molecule has 1 saturated carbocycles. The first kappa shape index (κ1) is 17.4. The third kappa shape index (κ3) is 4.75. The van der Waals surface area contributed by atoms with Gasteiger partial charge in [-0.3, -0.25) is 9.59 Å². The van der Waals surface area contributed by atoms with E-state index in [0.717, 1.165) is 0 Å². The number of rotatable bonds is 7. The molecule has 2 rings (SSSR count). The van der Waals surface area contributed by atoms with Crippen molar-refractivity contribution in [2.45, 2.75) is 37.1 Å². The van der Waals surface area contributed by atoms with Gasteiger partial charge in [0.15, 0.2) is 0 Å². The number of hydrogen-bond donors (Lipinski definition) is 2. The summed E-state index contributed by atoms with van der Waals surface area (Å²) in [5, 5.41) is 2.54. The van der Waals surface area contributed by atoms with Gasteiger partial charge in [-0.2, -0.15) is 8.78 Å². The number of aromatic amines is 1. The molecule has 1 aliphatic carbocycles. The Bertz CT molecular complexity index is 602. The van der Waals surface area contributed by atoms with Gasteiger partial charge in [0.1, 0.15) is 13.2 Å². The standard InChI is InChI=1S/C13H15F4N3O3/c14-12(15)13(16,17)5-23-4-11(22)20-8-1-7(2-8)9-3-10(21)19-6-18-9/h3,6-8,12H,1-2,4-5H2,(H,20,22)(H,18,19,21). The Kier molecular flexibility index (Phi) is 5.34. The van der Waals surface area contributed by atoms with Crippen LogP contribution in [-0.2, 0) is 9.53 Å². The minimum Gasteiger partial charge on any atom is -0.365 e. The second-order valence-corrected chi connectivity index (χ2v) is 5.32. The van der Waals surface area contributed by atoms with Crippen LogP contribution in [0.2, 0.25) is 0 Å². The van der Waals surface area contributed by atoms with Gasteiger partial charge in [0.05, 0.1) is 12.0 Å². The normalized spacial score (nSPS) is 21.1. The van der Waals surface area contributed by atoms with E-state index in [0.29, 0.717) is 18.5 Å². The van der Waals surface area contributed by atoms with Crippen LogP contribution in [0.3, 0.4) is 0 Å². The van der Waals surface area contributed by atoms with Gasteiger partial charge in [0, 0.05) is 18.0 Å².